The van der Waals surface area contributed by atoms with Gasteiger partial charge >= 0.3 is 0 Å². The van der Waals surface area contributed by atoms with Gasteiger partial charge in [-0.05, 0) is 42.3 Å². The molecule has 31 heavy (non-hydrogen) atoms. The summed E-state index contributed by atoms with van der Waals surface area (Å²) in [5.41, 5.74) is 7.74. The summed E-state index contributed by atoms with van der Waals surface area (Å²) in [5.74, 6) is -0.198. The molecule has 1 N–H and O–H groups in total. The van der Waals surface area contributed by atoms with Crippen molar-refractivity contribution in [3.05, 3.63) is 96.3 Å². The minimum atomic E-state index is -0.198. The van der Waals surface area contributed by atoms with Crippen LogP contribution in [0.5, 0.6) is 0 Å². The SMILES string of the molecule is CCN(Cc1ccccc1)c1ccc(/C=N\NC(=O)Cn2cnc3ccccc32)cc1. The number of anilines is 1. The van der Waals surface area contributed by atoms with Gasteiger partial charge in [-0.3, -0.25) is 4.79 Å². The Balaban J connectivity index is 1.33. The Morgan fingerprint density at radius 2 is 1.77 bits per heavy atom. The largest absolute Gasteiger partial charge is 0.367 e. The summed E-state index contributed by atoms with van der Waals surface area (Å²) in [6.45, 7) is 4.10. The van der Waals surface area contributed by atoms with Crippen molar-refractivity contribution in [1.29, 1.82) is 0 Å². The average Bonchev–Trinajstić information content (AvgIpc) is 3.21. The molecule has 0 aliphatic carbocycles. The lowest BCUT2D eigenvalue weighted by Gasteiger charge is -2.23. The number of nitrogens with one attached hydrogen (secondary N) is 1. The molecule has 0 bridgehead atoms. The Hall–Kier alpha value is -3.93. The van der Waals surface area contributed by atoms with Crippen LogP contribution < -0.4 is 10.3 Å². The third kappa shape index (κ3) is 5.17. The summed E-state index contributed by atoms with van der Waals surface area (Å²) in [6.07, 6.45) is 3.32. The van der Waals surface area contributed by atoms with E-state index in [0.29, 0.717) is 0 Å². The van der Waals surface area contributed by atoms with Gasteiger partial charge in [0, 0.05) is 18.8 Å². The number of aromatic nitrogens is 2. The number of rotatable bonds is 8. The van der Waals surface area contributed by atoms with Gasteiger partial charge in [0.25, 0.3) is 5.91 Å². The Morgan fingerprint density at radius 3 is 2.55 bits per heavy atom. The highest BCUT2D eigenvalue weighted by atomic mass is 16.2. The lowest BCUT2D eigenvalue weighted by atomic mass is 10.1. The molecule has 3 aromatic carbocycles. The molecule has 4 aromatic rings. The predicted molar refractivity (Wildman–Crippen MR) is 125 cm³/mol. The summed E-state index contributed by atoms with van der Waals surface area (Å²) in [4.78, 5) is 18.8. The topological polar surface area (TPSA) is 62.5 Å². The van der Waals surface area contributed by atoms with Crippen LogP contribution in [0, 0.1) is 0 Å². The Labute approximate surface area is 181 Å². The van der Waals surface area contributed by atoms with Crippen molar-refractivity contribution in [3.63, 3.8) is 0 Å². The molecule has 156 valence electrons. The summed E-state index contributed by atoms with van der Waals surface area (Å²) in [6, 6.07) is 26.3. The Kier molecular flexibility index (Phi) is 6.38. The normalized spacial score (nSPS) is 11.1. The minimum absolute atomic E-state index is 0.168. The fourth-order valence-electron chi connectivity index (χ4n) is 3.47. The van der Waals surface area contributed by atoms with Gasteiger partial charge in [0.05, 0.1) is 23.6 Å². The second kappa shape index (κ2) is 9.71. The van der Waals surface area contributed by atoms with E-state index in [2.05, 4.69) is 63.7 Å². The summed E-state index contributed by atoms with van der Waals surface area (Å²) in [5, 5.41) is 4.09. The van der Waals surface area contributed by atoms with E-state index in [-0.39, 0.29) is 12.5 Å². The Bertz CT molecular complexity index is 1170. The number of hydrogen-bond acceptors (Lipinski definition) is 4. The highest BCUT2D eigenvalue weighted by Crippen LogP contribution is 2.17. The van der Waals surface area contributed by atoms with Crippen LogP contribution in [0.25, 0.3) is 11.0 Å². The highest BCUT2D eigenvalue weighted by Gasteiger charge is 2.07. The number of benzene rings is 3. The molecule has 0 fully saturated rings. The second-order valence-electron chi connectivity index (χ2n) is 7.25. The first kappa shape index (κ1) is 20.3. The Morgan fingerprint density at radius 1 is 1.03 bits per heavy atom. The molecule has 6 heteroatoms. The summed E-state index contributed by atoms with van der Waals surface area (Å²) in [7, 11) is 0. The van der Waals surface area contributed by atoms with Crippen molar-refractivity contribution in [2.75, 3.05) is 11.4 Å². The van der Waals surface area contributed by atoms with Gasteiger partial charge < -0.3 is 9.47 Å². The molecular formula is C25H25N5O. The number of nitrogens with zero attached hydrogens (tertiary/aromatic N) is 4. The standard InChI is InChI=1S/C25H25N5O/c1-2-29(17-21-8-4-3-5-9-21)22-14-12-20(13-15-22)16-27-28-25(31)18-30-19-26-23-10-6-7-11-24(23)30/h3-16,19H,2,17-18H2,1H3,(H,28,31)/b27-16-. The summed E-state index contributed by atoms with van der Waals surface area (Å²) < 4.78 is 1.81. The van der Waals surface area contributed by atoms with E-state index in [1.54, 1.807) is 17.1 Å². The van der Waals surface area contributed by atoms with E-state index < -0.39 is 0 Å². The number of imidazole rings is 1. The van der Waals surface area contributed by atoms with Crippen LogP contribution in [0.1, 0.15) is 18.1 Å². The molecule has 0 spiro atoms. The number of carbonyl (C=O) groups excluding carboxylic acids is 1. The molecule has 0 atom stereocenters. The molecule has 1 aromatic heterocycles. The fraction of sp³-hybridized carbons (Fsp3) is 0.160. The van der Waals surface area contributed by atoms with Crippen molar-refractivity contribution >= 4 is 28.8 Å². The first-order valence-electron chi connectivity index (χ1n) is 10.3. The van der Waals surface area contributed by atoms with Crippen molar-refractivity contribution < 1.29 is 4.79 Å². The van der Waals surface area contributed by atoms with Gasteiger partial charge in [-0.25, -0.2) is 10.4 Å². The first-order valence-corrected chi connectivity index (χ1v) is 10.3. The number of para-hydroxylation sites is 2. The lowest BCUT2D eigenvalue weighted by Crippen LogP contribution is -2.23. The average molecular weight is 412 g/mol. The number of hydrogen-bond donors (Lipinski definition) is 1. The maximum Gasteiger partial charge on any atom is 0.260 e. The predicted octanol–water partition coefficient (Wildman–Crippen LogP) is 4.21. The number of carbonyl (C=O) groups is 1. The van der Waals surface area contributed by atoms with Gasteiger partial charge in [-0.1, -0.05) is 54.6 Å². The van der Waals surface area contributed by atoms with E-state index in [1.807, 2.05) is 42.5 Å². The van der Waals surface area contributed by atoms with Crippen LogP contribution in [0.15, 0.2) is 90.3 Å². The molecule has 0 aliphatic heterocycles. The quantitative estimate of drug-likeness (QED) is 0.349. The third-order valence-corrected chi connectivity index (χ3v) is 5.10. The zero-order chi connectivity index (χ0) is 21.5. The van der Waals surface area contributed by atoms with E-state index in [0.717, 1.165) is 35.4 Å². The van der Waals surface area contributed by atoms with E-state index in [4.69, 9.17) is 0 Å². The van der Waals surface area contributed by atoms with Crippen LogP contribution in [-0.4, -0.2) is 28.2 Å². The first-order chi connectivity index (χ1) is 15.2. The molecule has 0 unspecified atom stereocenters. The molecule has 0 aliphatic rings. The zero-order valence-corrected chi connectivity index (χ0v) is 17.5. The van der Waals surface area contributed by atoms with Crippen molar-refractivity contribution in [2.45, 2.75) is 20.0 Å². The van der Waals surface area contributed by atoms with Crippen LogP contribution in [-0.2, 0) is 17.9 Å². The zero-order valence-electron chi connectivity index (χ0n) is 17.5. The highest BCUT2D eigenvalue weighted by molar-refractivity contribution is 5.84. The van der Waals surface area contributed by atoms with Gasteiger partial charge in [0.1, 0.15) is 6.54 Å². The molecule has 0 radical (unpaired) electrons. The molecule has 1 amide bonds. The maximum atomic E-state index is 12.2. The van der Waals surface area contributed by atoms with Crippen LogP contribution in [0.4, 0.5) is 5.69 Å². The number of amides is 1. The van der Waals surface area contributed by atoms with Crippen molar-refractivity contribution in [2.24, 2.45) is 5.10 Å². The van der Waals surface area contributed by atoms with E-state index >= 15 is 0 Å². The third-order valence-electron chi connectivity index (χ3n) is 5.10. The molecule has 0 saturated carbocycles. The van der Waals surface area contributed by atoms with Crippen molar-refractivity contribution in [3.8, 4) is 0 Å². The molecule has 0 saturated heterocycles. The van der Waals surface area contributed by atoms with Crippen molar-refractivity contribution in [1.82, 2.24) is 15.0 Å². The smallest absolute Gasteiger partial charge is 0.260 e. The summed E-state index contributed by atoms with van der Waals surface area (Å²) >= 11 is 0. The molecular weight excluding hydrogens is 386 g/mol. The lowest BCUT2D eigenvalue weighted by molar-refractivity contribution is -0.121. The van der Waals surface area contributed by atoms with Gasteiger partial charge in [-0.2, -0.15) is 5.10 Å². The maximum absolute atomic E-state index is 12.2. The molecule has 6 nitrogen and oxygen atoms in total. The van der Waals surface area contributed by atoms with Gasteiger partial charge in [-0.15, -0.1) is 0 Å². The van der Waals surface area contributed by atoms with Crippen LogP contribution in [0.2, 0.25) is 0 Å². The van der Waals surface area contributed by atoms with Gasteiger partial charge in [0.15, 0.2) is 0 Å². The number of hydrazone groups is 1. The minimum Gasteiger partial charge on any atom is -0.367 e. The van der Waals surface area contributed by atoms with Crippen LogP contribution >= 0.6 is 0 Å². The van der Waals surface area contributed by atoms with Gasteiger partial charge in [0.2, 0.25) is 0 Å². The van der Waals surface area contributed by atoms with E-state index in [9.17, 15) is 4.79 Å². The molecule has 1 heterocycles. The second-order valence-corrected chi connectivity index (χ2v) is 7.25. The van der Waals surface area contributed by atoms with E-state index in [1.165, 1.54) is 5.56 Å². The number of fused-ring (bicyclic) bond motifs is 1. The monoisotopic (exact) mass is 411 g/mol. The molecule has 4 rings (SSSR count). The van der Waals surface area contributed by atoms with Crippen LogP contribution in [0.3, 0.4) is 0 Å². The fourth-order valence-corrected chi connectivity index (χ4v) is 3.47.